The zero-order valence-electron chi connectivity index (χ0n) is 13.2. The second-order valence-electron chi connectivity index (χ2n) is 3.82. The first-order valence-corrected chi connectivity index (χ1v) is 7.23. The molecule has 0 bridgehead atoms. The van der Waals surface area contributed by atoms with Crippen molar-refractivity contribution in [3.05, 3.63) is 12.7 Å². The van der Waals surface area contributed by atoms with E-state index in [-0.39, 0.29) is 0 Å². The Labute approximate surface area is 107 Å². The standard InChI is InChI=1S/2C5H12.C3H8.C3H6/c2*1-3-5-4-2;2*1-3-2/h2*3-5H2,1-2H3;3H2,1-2H3;3H,1H2,2H3. The molecule has 0 atom stereocenters. The maximum atomic E-state index is 3.36. The molecule has 0 heterocycles. The van der Waals surface area contributed by atoms with Crippen molar-refractivity contribution in [2.75, 3.05) is 0 Å². The Morgan fingerprint density at radius 2 is 0.812 bits per heavy atom. The highest BCUT2D eigenvalue weighted by Gasteiger charge is 1.68. The van der Waals surface area contributed by atoms with Gasteiger partial charge in [0, 0.05) is 0 Å². The van der Waals surface area contributed by atoms with Gasteiger partial charge >= 0.3 is 0 Å². The van der Waals surface area contributed by atoms with Gasteiger partial charge in [-0.1, -0.05) is 92.6 Å². The average molecular weight is 230 g/mol. The van der Waals surface area contributed by atoms with Gasteiger partial charge in [-0.15, -0.1) is 6.58 Å². The molecule has 102 valence electrons. The van der Waals surface area contributed by atoms with Crippen LogP contribution in [0.4, 0.5) is 0 Å². The minimum absolute atomic E-state index is 1.25. The van der Waals surface area contributed by atoms with Crippen molar-refractivity contribution < 1.29 is 0 Å². The number of allylic oxidation sites excluding steroid dienone is 1. The van der Waals surface area contributed by atoms with E-state index in [0.717, 1.165) is 0 Å². The molecule has 0 nitrogen and oxygen atoms in total. The minimum Gasteiger partial charge on any atom is -0.103 e. The fraction of sp³-hybridized carbons (Fsp3) is 0.875. The predicted octanol–water partition coefficient (Wildman–Crippen LogP) is 7.00. The lowest BCUT2D eigenvalue weighted by Gasteiger charge is -1.79. The van der Waals surface area contributed by atoms with E-state index in [9.17, 15) is 0 Å². The Hall–Kier alpha value is -0.260. The molecule has 0 fully saturated rings. The maximum absolute atomic E-state index is 3.36. The van der Waals surface area contributed by atoms with E-state index >= 15 is 0 Å². The van der Waals surface area contributed by atoms with Crippen LogP contribution in [-0.2, 0) is 0 Å². The molecule has 0 unspecified atom stereocenters. The number of hydrogen-bond donors (Lipinski definition) is 0. The third-order valence-electron chi connectivity index (χ3n) is 1.41. The molecule has 0 saturated heterocycles. The highest BCUT2D eigenvalue weighted by molar-refractivity contribution is 4.51. The summed E-state index contributed by atoms with van der Waals surface area (Å²) in [6, 6.07) is 0. The molecule has 0 aliphatic carbocycles. The van der Waals surface area contributed by atoms with Crippen LogP contribution in [0.2, 0.25) is 0 Å². The molecule has 0 spiro atoms. The van der Waals surface area contributed by atoms with E-state index in [1.54, 1.807) is 6.08 Å². The molecule has 0 rings (SSSR count). The first-order valence-electron chi connectivity index (χ1n) is 7.23. The molecule has 0 saturated carbocycles. The van der Waals surface area contributed by atoms with Crippen LogP contribution in [0, 0.1) is 0 Å². The molecule has 0 aliphatic heterocycles. The first-order chi connectivity index (χ1) is 7.66. The highest BCUT2D eigenvalue weighted by atomic mass is 13.7. The Morgan fingerprint density at radius 3 is 0.812 bits per heavy atom. The van der Waals surface area contributed by atoms with E-state index in [1.807, 2.05) is 6.92 Å². The van der Waals surface area contributed by atoms with Crippen LogP contribution in [0.1, 0.15) is 93.4 Å². The lowest BCUT2D eigenvalue weighted by Crippen LogP contribution is -1.59. The molecule has 0 N–H and O–H groups in total. The Morgan fingerprint density at radius 1 is 0.688 bits per heavy atom. The summed E-state index contributed by atoms with van der Waals surface area (Å²) in [6.07, 6.45) is 11.2. The van der Waals surface area contributed by atoms with E-state index in [2.05, 4.69) is 48.1 Å². The third-order valence-corrected chi connectivity index (χ3v) is 1.41. The second-order valence-corrected chi connectivity index (χ2v) is 3.82. The van der Waals surface area contributed by atoms with Crippen molar-refractivity contribution >= 4 is 0 Å². The van der Waals surface area contributed by atoms with Gasteiger partial charge in [0.15, 0.2) is 0 Å². The summed E-state index contributed by atoms with van der Waals surface area (Å²) in [4.78, 5) is 0. The molecule has 0 amide bonds. The summed E-state index contributed by atoms with van der Waals surface area (Å²) >= 11 is 0. The van der Waals surface area contributed by atoms with Crippen LogP contribution >= 0.6 is 0 Å². The van der Waals surface area contributed by atoms with Gasteiger partial charge in [0.1, 0.15) is 0 Å². The molecular formula is C16H38. The fourth-order valence-electron chi connectivity index (χ4n) is 0.707. The number of unbranched alkanes of at least 4 members (excludes halogenated alkanes) is 4. The van der Waals surface area contributed by atoms with Crippen molar-refractivity contribution in [2.24, 2.45) is 0 Å². The van der Waals surface area contributed by atoms with Crippen molar-refractivity contribution in [1.82, 2.24) is 0 Å². The fourth-order valence-corrected chi connectivity index (χ4v) is 0.707. The summed E-state index contributed by atoms with van der Waals surface area (Å²) in [5, 5.41) is 0. The van der Waals surface area contributed by atoms with E-state index in [1.165, 1.54) is 44.9 Å². The normalized spacial score (nSPS) is 7.19. The van der Waals surface area contributed by atoms with Gasteiger partial charge in [0.05, 0.1) is 0 Å². The minimum atomic E-state index is 1.25. The Kier molecular flexibility index (Phi) is 72.0. The molecule has 0 heteroatoms. The largest absolute Gasteiger partial charge is 0.103 e. The summed E-state index contributed by atoms with van der Waals surface area (Å²) in [7, 11) is 0. The molecular weight excluding hydrogens is 192 g/mol. The second kappa shape index (κ2) is 46.5. The van der Waals surface area contributed by atoms with Crippen molar-refractivity contribution in [3.63, 3.8) is 0 Å². The molecule has 16 heavy (non-hydrogen) atoms. The van der Waals surface area contributed by atoms with E-state index < -0.39 is 0 Å². The van der Waals surface area contributed by atoms with Crippen LogP contribution in [0.25, 0.3) is 0 Å². The van der Waals surface area contributed by atoms with Gasteiger partial charge in [-0.05, 0) is 6.92 Å². The molecule has 0 aromatic carbocycles. The van der Waals surface area contributed by atoms with Crippen LogP contribution in [-0.4, -0.2) is 0 Å². The third kappa shape index (κ3) is 159. The van der Waals surface area contributed by atoms with Gasteiger partial charge in [-0.2, -0.15) is 0 Å². The molecule has 0 aliphatic rings. The number of rotatable bonds is 4. The van der Waals surface area contributed by atoms with Crippen LogP contribution in [0.15, 0.2) is 12.7 Å². The topological polar surface area (TPSA) is 0 Å². The van der Waals surface area contributed by atoms with Crippen LogP contribution < -0.4 is 0 Å². The molecule has 0 aromatic heterocycles. The van der Waals surface area contributed by atoms with Crippen molar-refractivity contribution in [1.29, 1.82) is 0 Å². The quantitative estimate of drug-likeness (QED) is 0.456. The van der Waals surface area contributed by atoms with Gasteiger partial charge in [-0.3, -0.25) is 0 Å². The van der Waals surface area contributed by atoms with Crippen molar-refractivity contribution in [3.8, 4) is 0 Å². The first kappa shape index (κ1) is 24.8. The van der Waals surface area contributed by atoms with Gasteiger partial charge in [0.2, 0.25) is 0 Å². The van der Waals surface area contributed by atoms with Gasteiger partial charge < -0.3 is 0 Å². The number of hydrogen-bond acceptors (Lipinski definition) is 0. The smallest absolute Gasteiger partial charge is 0.0473 e. The summed E-state index contributed by atoms with van der Waals surface area (Å²) in [6.45, 7) is 18.3. The Balaban J connectivity index is -0.0000000621. The van der Waals surface area contributed by atoms with E-state index in [4.69, 9.17) is 0 Å². The van der Waals surface area contributed by atoms with Crippen LogP contribution in [0.3, 0.4) is 0 Å². The predicted molar refractivity (Wildman–Crippen MR) is 82.2 cm³/mol. The summed E-state index contributed by atoms with van der Waals surface area (Å²) in [5.41, 5.74) is 0. The zero-order valence-corrected chi connectivity index (χ0v) is 13.2. The maximum Gasteiger partial charge on any atom is -0.0473 e. The Bertz CT molecular complexity index is 54.4. The molecule has 0 radical (unpaired) electrons. The SMILES string of the molecule is C=CC.CCC.CCCCC.CCCCC. The van der Waals surface area contributed by atoms with E-state index in [0.29, 0.717) is 0 Å². The summed E-state index contributed by atoms with van der Waals surface area (Å²) < 4.78 is 0. The van der Waals surface area contributed by atoms with Gasteiger partial charge in [-0.25, -0.2) is 0 Å². The van der Waals surface area contributed by atoms with Crippen molar-refractivity contribution in [2.45, 2.75) is 93.4 Å². The van der Waals surface area contributed by atoms with Crippen LogP contribution in [0.5, 0.6) is 0 Å². The lowest BCUT2D eigenvalue weighted by molar-refractivity contribution is 0.772. The lowest BCUT2D eigenvalue weighted by atomic mass is 10.3. The monoisotopic (exact) mass is 230 g/mol. The molecule has 0 aromatic rings. The zero-order chi connectivity index (χ0) is 13.7. The van der Waals surface area contributed by atoms with Gasteiger partial charge in [0.25, 0.3) is 0 Å². The highest BCUT2D eigenvalue weighted by Crippen LogP contribution is 1.88. The average Bonchev–Trinajstić information content (AvgIpc) is 2.23. The summed E-state index contributed by atoms with van der Waals surface area (Å²) in [5.74, 6) is 0.